The minimum Gasteiger partial charge on any atom is -0.480 e. The number of nitrogens with two attached hydrogens (primary N) is 1. The molecule has 0 saturated heterocycles. The Bertz CT molecular complexity index is 673. The number of halogens is 2. The third-order valence-corrected chi connectivity index (χ3v) is 2.78. The van der Waals surface area contributed by atoms with Gasteiger partial charge in [0.1, 0.15) is 11.6 Å². The van der Waals surface area contributed by atoms with E-state index in [-0.39, 0.29) is 23.5 Å². The Morgan fingerprint density at radius 3 is 2.75 bits per heavy atom. The summed E-state index contributed by atoms with van der Waals surface area (Å²) in [5.74, 6) is -1.19. The van der Waals surface area contributed by atoms with Crippen LogP contribution in [0.1, 0.15) is 11.6 Å². The fourth-order valence-electron chi connectivity index (χ4n) is 1.76. The van der Waals surface area contributed by atoms with E-state index >= 15 is 0 Å². The van der Waals surface area contributed by atoms with Crippen molar-refractivity contribution < 1.29 is 13.5 Å². The molecule has 0 aliphatic rings. The summed E-state index contributed by atoms with van der Waals surface area (Å²) in [5.41, 5.74) is 5.56. The average molecular weight is 281 g/mol. The minimum atomic E-state index is -0.826. The Hall–Kier alpha value is -2.28. The van der Waals surface area contributed by atoms with Gasteiger partial charge in [-0.3, -0.25) is 4.79 Å². The summed E-state index contributed by atoms with van der Waals surface area (Å²) in [6.45, 7) is -0.0431. The van der Waals surface area contributed by atoms with Gasteiger partial charge in [-0.25, -0.2) is 13.5 Å². The van der Waals surface area contributed by atoms with Crippen molar-refractivity contribution in [1.82, 2.24) is 9.78 Å². The van der Waals surface area contributed by atoms with Crippen LogP contribution in [0.15, 0.2) is 35.1 Å². The first-order valence-corrected chi connectivity index (χ1v) is 5.84. The van der Waals surface area contributed by atoms with Gasteiger partial charge in [0.15, 0.2) is 0 Å². The molecule has 0 bridgehead atoms. The normalized spacial score (nSPS) is 12.2. The second kappa shape index (κ2) is 5.79. The van der Waals surface area contributed by atoms with Crippen molar-refractivity contribution in [2.45, 2.75) is 12.6 Å². The predicted molar refractivity (Wildman–Crippen MR) is 68.3 cm³/mol. The second-order valence-electron chi connectivity index (χ2n) is 4.17. The van der Waals surface area contributed by atoms with E-state index in [4.69, 9.17) is 10.5 Å². The van der Waals surface area contributed by atoms with E-state index in [9.17, 15) is 13.6 Å². The third kappa shape index (κ3) is 3.00. The SMILES string of the molecule is COc1ccc(=O)n(CC(N)c2ccc(F)cc2F)n1. The first-order chi connectivity index (χ1) is 9.51. The molecule has 5 nitrogen and oxygen atoms in total. The van der Waals surface area contributed by atoms with Crippen molar-refractivity contribution in [3.8, 4) is 5.88 Å². The first-order valence-electron chi connectivity index (χ1n) is 5.84. The Kier molecular flexibility index (Phi) is 4.09. The predicted octanol–water partition coefficient (Wildman–Crippen LogP) is 1.23. The van der Waals surface area contributed by atoms with Gasteiger partial charge in [0.25, 0.3) is 5.56 Å². The maximum absolute atomic E-state index is 13.6. The molecule has 1 aromatic heterocycles. The van der Waals surface area contributed by atoms with Crippen molar-refractivity contribution in [2.75, 3.05) is 7.11 Å². The van der Waals surface area contributed by atoms with Crippen molar-refractivity contribution in [2.24, 2.45) is 5.73 Å². The standard InChI is InChI=1S/C13H13F2N3O2/c1-20-12-4-5-13(19)18(17-12)7-11(16)9-3-2-8(14)6-10(9)15/h2-6,11H,7,16H2,1H3. The van der Waals surface area contributed by atoms with Gasteiger partial charge in [-0.2, -0.15) is 0 Å². The maximum atomic E-state index is 13.6. The zero-order valence-electron chi connectivity index (χ0n) is 10.7. The molecular weight excluding hydrogens is 268 g/mol. The molecule has 0 spiro atoms. The Morgan fingerprint density at radius 2 is 2.10 bits per heavy atom. The summed E-state index contributed by atoms with van der Waals surface area (Å²) in [6.07, 6.45) is 0. The molecule has 2 aromatic rings. The average Bonchev–Trinajstić information content (AvgIpc) is 2.41. The van der Waals surface area contributed by atoms with E-state index in [0.717, 1.165) is 16.8 Å². The molecule has 0 aliphatic heterocycles. The van der Waals surface area contributed by atoms with Crippen LogP contribution < -0.4 is 16.0 Å². The maximum Gasteiger partial charge on any atom is 0.267 e. The fourth-order valence-corrected chi connectivity index (χ4v) is 1.76. The first kappa shape index (κ1) is 14.1. The molecule has 0 amide bonds. The summed E-state index contributed by atoms with van der Waals surface area (Å²) in [5, 5.41) is 3.91. The number of benzene rings is 1. The zero-order valence-corrected chi connectivity index (χ0v) is 10.7. The highest BCUT2D eigenvalue weighted by atomic mass is 19.1. The summed E-state index contributed by atoms with van der Waals surface area (Å²) in [4.78, 5) is 11.6. The van der Waals surface area contributed by atoms with Gasteiger partial charge in [-0.15, -0.1) is 5.10 Å². The van der Waals surface area contributed by atoms with Crippen LogP contribution in [0, 0.1) is 11.6 Å². The van der Waals surface area contributed by atoms with Crippen LogP contribution >= 0.6 is 0 Å². The van der Waals surface area contributed by atoms with Crippen molar-refractivity contribution in [3.05, 3.63) is 57.9 Å². The lowest BCUT2D eigenvalue weighted by molar-refractivity contribution is 0.369. The van der Waals surface area contributed by atoms with Gasteiger partial charge in [0, 0.05) is 23.8 Å². The highest BCUT2D eigenvalue weighted by Crippen LogP contribution is 2.17. The molecule has 1 aromatic carbocycles. The highest BCUT2D eigenvalue weighted by Gasteiger charge is 2.14. The van der Waals surface area contributed by atoms with E-state index in [1.807, 2.05) is 0 Å². The Morgan fingerprint density at radius 1 is 1.35 bits per heavy atom. The Balaban J connectivity index is 2.27. The van der Waals surface area contributed by atoms with Gasteiger partial charge < -0.3 is 10.5 Å². The molecule has 106 valence electrons. The monoisotopic (exact) mass is 281 g/mol. The van der Waals surface area contributed by atoms with Crippen LogP contribution in [0.3, 0.4) is 0 Å². The molecule has 20 heavy (non-hydrogen) atoms. The second-order valence-corrected chi connectivity index (χ2v) is 4.17. The molecule has 0 saturated carbocycles. The Labute approximate surface area is 113 Å². The molecule has 1 heterocycles. The number of aromatic nitrogens is 2. The lowest BCUT2D eigenvalue weighted by Crippen LogP contribution is -2.28. The number of nitrogens with zero attached hydrogens (tertiary/aromatic N) is 2. The number of hydrogen-bond donors (Lipinski definition) is 1. The van der Waals surface area contributed by atoms with E-state index in [1.54, 1.807) is 0 Å². The third-order valence-electron chi connectivity index (χ3n) is 2.78. The molecule has 0 aliphatic carbocycles. The molecular formula is C13H13F2N3O2. The zero-order chi connectivity index (χ0) is 14.7. The number of rotatable bonds is 4. The van der Waals surface area contributed by atoms with Crippen molar-refractivity contribution in [3.63, 3.8) is 0 Å². The van der Waals surface area contributed by atoms with Crippen LogP contribution in [-0.2, 0) is 6.54 Å². The molecule has 0 fully saturated rings. The minimum absolute atomic E-state index is 0.0431. The molecule has 1 unspecified atom stereocenters. The molecule has 2 N–H and O–H groups in total. The van der Waals surface area contributed by atoms with Gasteiger partial charge in [0.05, 0.1) is 19.7 Å². The van der Waals surface area contributed by atoms with Crippen LogP contribution in [-0.4, -0.2) is 16.9 Å². The molecule has 1 atom stereocenters. The van der Waals surface area contributed by atoms with E-state index in [0.29, 0.717) is 0 Å². The van der Waals surface area contributed by atoms with Gasteiger partial charge in [0.2, 0.25) is 5.88 Å². The van der Waals surface area contributed by atoms with Crippen molar-refractivity contribution >= 4 is 0 Å². The van der Waals surface area contributed by atoms with E-state index in [2.05, 4.69) is 5.10 Å². The fraction of sp³-hybridized carbons (Fsp3) is 0.231. The highest BCUT2D eigenvalue weighted by molar-refractivity contribution is 5.21. The van der Waals surface area contributed by atoms with Crippen molar-refractivity contribution in [1.29, 1.82) is 0 Å². The molecule has 7 heteroatoms. The largest absolute Gasteiger partial charge is 0.480 e. The van der Waals surface area contributed by atoms with Gasteiger partial charge in [-0.1, -0.05) is 6.07 Å². The van der Waals surface area contributed by atoms with Crippen LogP contribution in [0.2, 0.25) is 0 Å². The molecule has 2 rings (SSSR count). The summed E-state index contributed by atoms with van der Waals surface area (Å²) in [6, 6.07) is 4.98. The summed E-state index contributed by atoms with van der Waals surface area (Å²) >= 11 is 0. The van der Waals surface area contributed by atoms with E-state index < -0.39 is 17.7 Å². The quantitative estimate of drug-likeness (QED) is 0.915. The van der Waals surface area contributed by atoms with Gasteiger partial charge >= 0.3 is 0 Å². The number of methoxy groups -OCH3 is 1. The molecule has 0 radical (unpaired) electrons. The number of ether oxygens (including phenoxy) is 1. The lowest BCUT2D eigenvalue weighted by atomic mass is 10.1. The van der Waals surface area contributed by atoms with Crippen LogP contribution in [0.25, 0.3) is 0 Å². The summed E-state index contributed by atoms with van der Waals surface area (Å²) in [7, 11) is 1.41. The lowest BCUT2D eigenvalue weighted by Gasteiger charge is -2.14. The van der Waals surface area contributed by atoms with Crippen LogP contribution in [0.5, 0.6) is 5.88 Å². The van der Waals surface area contributed by atoms with Crippen LogP contribution in [0.4, 0.5) is 8.78 Å². The topological polar surface area (TPSA) is 70.1 Å². The number of hydrogen-bond acceptors (Lipinski definition) is 4. The summed E-state index contributed by atoms with van der Waals surface area (Å²) < 4.78 is 32.4. The van der Waals surface area contributed by atoms with E-state index in [1.165, 1.54) is 25.3 Å². The van der Waals surface area contributed by atoms with Gasteiger partial charge in [-0.05, 0) is 6.07 Å². The smallest absolute Gasteiger partial charge is 0.267 e.